The normalized spacial score (nSPS) is 17.1. The number of aryl methyl sites for hydroxylation is 1. The van der Waals surface area contributed by atoms with Crippen LogP contribution in [0.25, 0.3) is 11.3 Å². The van der Waals surface area contributed by atoms with Crippen LogP contribution < -0.4 is 15.0 Å². The van der Waals surface area contributed by atoms with Crippen molar-refractivity contribution in [3.63, 3.8) is 0 Å². The van der Waals surface area contributed by atoms with Crippen molar-refractivity contribution in [1.82, 2.24) is 20.3 Å². The number of amides is 1. The van der Waals surface area contributed by atoms with E-state index in [0.717, 1.165) is 33.5 Å². The Morgan fingerprint density at radius 3 is 2.87 bits per heavy atom. The van der Waals surface area contributed by atoms with Gasteiger partial charge in [-0.1, -0.05) is 22.9 Å². The van der Waals surface area contributed by atoms with Crippen molar-refractivity contribution in [2.75, 3.05) is 18.1 Å². The topological polar surface area (TPSA) is 80.2 Å². The summed E-state index contributed by atoms with van der Waals surface area (Å²) in [6.45, 7) is 7.04. The fraction of sp³-hybridized carbons (Fsp3) is 0.333. The molecule has 2 aliphatic heterocycles. The molecule has 0 saturated carbocycles. The van der Waals surface area contributed by atoms with Gasteiger partial charge < -0.3 is 15.0 Å². The number of nitrogens with zero attached hydrogens (tertiary/aromatic N) is 4. The highest BCUT2D eigenvalue weighted by atomic mass is 35.5. The first-order chi connectivity index (χ1) is 14.3. The van der Waals surface area contributed by atoms with E-state index >= 15 is 0 Å². The Kier molecular flexibility index (Phi) is 4.44. The Hall–Kier alpha value is -2.71. The maximum Gasteiger partial charge on any atom is 0.263 e. The first kappa shape index (κ1) is 19.3. The van der Waals surface area contributed by atoms with E-state index in [2.05, 4.69) is 20.2 Å². The predicted octanol–water partition coefficient (Wildman–Crippen LogP) is 4.16. The van der Waals surface area contributed by atoms with E-state index in [9.17, 15) is 4.79 Å². The minimum atomic E-state index is -0.296. The fourth-order valence-electron chi connectivity index (χ4n) is 3.83. The molecule has 154 valence electrons. The van der Waals surface area contributed by atoms with Crippen LogP contribution in [0.1, 0.15) is 35.0 Å². The highest BCUT2D eigenvalue weighted by Gasteiger charge is 2.34. The Labute approximate surface area is 183 Å². The zero-order valence-corrected chi connectivity index (χ0v) is 18.4. The lowest BCUT2D eigenvalue weighted by Gasteiger charge is -2.29. The molecule has 0 aliphatic carbocycles. The van der Waals surface area contributed by atoms with Crippen LogP contribution in [0.3, 0.4) is 0 Å². The number of hydrogen-bond donors (Lipinski definition) is 1. The van der Waals surface area contributed by atoms with Crippen molar-refractivity contribution in [3.8, 4) is 17.0 Å². The molecule has 9 heteroatoms. The summed E-state index contributed by atoms with van der Waals surface area (Å²) in [4.78, 5) is 28.8. The summed E-state index contributed by atoms with van der Waals surface area (Å²) >= 11 is 7.55. The minimum Gasteiger partial charge on any atom is -0.490 e. The Morgan fingerprint density at radius 1 is 1.23 bits per heavy atom. The Bertz CT molecular complexity index is 1160. The second-order valence-corrected chi connectivity index (χ2v) is 9.46. The average molecular weight is 442 g/mol. The van der Waals surface area contributed by atoms with E-state index in [1.807, 2.05) is 39.0 Å². The number of benzene rings is 1. The van der Waals surface area contributed by atoms with Crippen molar-refractivity contribution in [2.45, 2.75) is 32.7 Å². The third-order valence-electron chi connectivity index (χ3n) is 5.11. The van der Waals surface area contributed by atoms with Crippen molar-refractivity contribution in [3.05, 3.63) is 45.8 Å². The maximum absolute atomic E-state index is 12.5. The molecular formula is C21H20ClN5O2S. The number of hydrogen-bond acceptors (Lipinski definition) is 7. The maximum atomic E-state index is 12.5. The highest BCUT2D eigenvalue weighted by Crippen LogP contribution is 2.42. The van der Waals surface area contributed by atoms with E-state index in [1.165, 1.54) is 11.3 Å². The first-order valence-corrected chi connectivity index (χ1v) is 10.9. The number of anilines is 2. The van der Waals surface area contributed by atoms with Gasteiger partial charge in [-0.3, -0.25) is 4.79 Å². The molecule has 2 aromatic heterocycles. The van der Waals surface area contributed by atoms with Gasteiger partial charge in [0.1, 0.15) is 28.2 Å². The van der Waals surface area contributed by atoms with Gasteiger partial charge in [0.05, 0.1) is 23.6 Å². The molecule has 0 atom stereocenters. The predicted molar refractivity (Wildman–Crippen MR) is 117 cm³/mol. The van der Waals surface area contributed by atoms with Gasteiger partial charge in [-0.2, -0.15) is 0 Å². The van der Waals surface area contributed by atoms with E-state index < -0.39 is 0 Å². The second-order valence-electron chi connectivity index (χ2n) is 8.09. The molecule has 5 rings (SSSR count). The van der Waals surface area contributed by atoms with Crippen LogP contribution >= 0.6 is 22.9 Å². The number of rotatable bonds is 2. The third kappa shape index (κ3) is 3.40. The Morgan fingerprint density at radius 2 is 2.07 bits per heavy atom. The molecule has 0 saturated heterocycles. The molecule has 0 bridgehead atoms. The lowest BCUT2D eigenvalue weighted by atomic mass is 9.94. The van der Waals surface area contributed by atoms with Gasteiger partial charge in [-0.05, 0) is 39.0 Å². The second kappa shape index (κ2) is 6.92. The number of aromatic nitrogens is 3. The molecule has 3 aromatic rings. The molecule has 7 nitrogen and oxygen atoms in total. The van der Waals surface area contributed by atoms with E-state index in [0.29, 0.717) is 35.4 Å². The summed E-state index contributed by atoms with van der Waals surface area (Å²) in [6, 6.07) is 7.67. The molecule has 4 heterocycles. The van der Waals surface area contributed by atoms with E-state index in [4.69, 9.17) is 21.3 Å². The molecule has 0 fully saturated rings. The van der Waals surface area contributed by atoms with E-state index in [-0.39, 0.29) is 11.4 Å². The van der Waals surface area contributed by atoms with Gasteiger partial charge in [0.25, 0.3) is 5.91 Å². The number of halogens is 1. The average Bonchev–Trinajstić information content (AvgIpc) is 3.09. The number of carbonyl (C=O) groups is 1. The SMILES string of the molecule is Cc1nc(Cl)cc(-c2ccc3c(c2)N(c2nc4c(s2)C(=O)NC(C)(C)C4)CCO3)n1. The van der Waals surface area contributed by atoms with E-state index in [1.54, 1.807) is 6.07 Å². The molecule has 30 heavy (non-hydrogen) atoms. The number of fused-ring (bicyclic) bond motifs is 2. The summed E-state index contributed by atoms with van der Waals surface area (Å²) < 4.78 is 5.87. The van der Waals surface area contributed by atoms with Crippen molar-refractivity contribution < 1.29 is 9.53 Å². The zero-order valence-electron chi connectivity index (χ0n) is 16.8. The molecular weight excluding hydrogens is 422 g/mol. The summed E-state index contributed by atoms with van der Waals surface area (Å²) in [7, 11) is 0. The fourth-order valence-corrected chi connectivity index (χ4v) is 5.08. The van der Waals surface area contributed by atoms with Crippen LogP contribution in [-0.4, -0.2) is 39.5 Å². The summed E-state index contributed by atoms with van der Waals surface area (Å²) in [5.74, 6) is 1.34. The van der Waals surface area contributed by atoms with Gasteiger partial charge >= 0.3 is 0 Å². The van der Waals surface area contributed by atoms with Gasteiger partial charge in [0.15, 0.2) is 5.13 Å². The van der Waals surface area contributed by atoms with Crippen molar-refractivity contribution in [2.24, 2.45) is 0 Å². The molecule has 2 aliphatic rings. The standard InChI is InChI=1S/C21H20ClN5O2S/c1-11-23-13(9-17(22)24-11)12-4-5-16-15(8-12)27(6-7-29-16)20-25-14-10-21(2,3)26-19(28)18(14)30-20/h4-5,8-9H,6-7,10H2,1-3H3,(H,26,28). The third-order valence-corrected chi connectivity index (χ3v) is 6.42. The minimum absolute atomic E-state index is 0.0571. The van der Waals surface area contributed by atoms with Gasteiger partial charge in [0, 0.05) is 23.6 Å². The number of nitrogens with one attached hydrogen (secondary N) is 1. The number of thiazole rings is 1. The van der Waals surface area contributed by atoms with Crippen LogP contribution in [0.15, 0.2) is 24.3 Å². The number of ether oxygens (including phenoxy) is 1. The first-order valence-electron chi connectivity index (χ1n) is 9.67. The van der Waals surface area contributed by atoms with Crippen molar-refractivity contribution >= 4 is 39.7 Å². The largest absolute Gasteiger partial charge is 0.490 e. The molecule has 0 spiro atoms. The molecule has 1 amide bonds. The monoisotopic (exact) mass is 441 g/mol. The highest BCUT2D eigenvalue weighted by molar-refractivity contribution is 7.17. The number of carbonyl (C=O) groups excluding carboxylic acids is 1. The van der Waals surface area contributed by atoms with Crippen LogP contribution in [0.4, 0.5) is 10.8 Å². The lowest BCUT2D eigenvalue weighted by Crippen LogP contribution is -2.48. The van der Waals surface area contributed by atoms with Crippen LogP contribution in [0.5, 0.6) is 5.75 Å². The molecule has 1 aromatic carbocycles. The Balaban J connectivity index is 1.57. The van der Waals surface area contributed by atoms with Gasteiger partial charge in [0.2, 0.25) is 0 Å². The lowest BCUT2D eigenvalue weighted by molar-refractivity contribution is 0.0901. The van der Waals surface area contributed by atoms with Gasteiger partial charge in [-0.25, -0.2) is 15.0 Å². The molecule has 0 unspecified atom stereocenters. The van der Waals surface area contributed by atoms with Gasteiger partial charge in [-0.15, -0.1) is 0 Å². The summed E-state index contributed by atoms with van der Waals surface area (Å²) in [5.41, 5.74) is 3.12. The smallest absolute Gasteiger partial charge is 0.263 e. The quantitative estimate of drug-likeness (QED) is 0.601. The van der Waals surface area contributed by atoms with Crippen LogP contribution in [0.2, 0.25) is 5.15 Å². The molecule has 0 radical (unpaired) electrons. The summed E-state index contributed by atoms with van der Waals surface area (Å²) in [6.07, 6.45) is 0.709. The van der Waals surface area contributed by atoms with Crippen molar-refractivity contribution in [1.29, 1.82) is 0 Å². The van der Waals surface area contributed by atoms with Crippen LogP contribution in [0, 0.1) is 6.92 Å². The molecule has 1 N–H and O–H groups in total. The van der Waals surface area contributed by atoms with Crippen LogP contribution in [-0.2, 0) is 6.42 Å². The zero-order chi connectivity index (χ0) is 21.0. The summed E-state index contributed by atoms with van der Waals surface area (Å²) in [5, 5.41) is 4.25.